The molecule has 5 N–H and O–H groups in total. The van der Waals surface area contributed by atoms with E-state index in [0.717, 1.165) is 5.56 Å². The highest BCUT2D eigenvalue weighted by atomic mass is 16.5. The van der Waals surface area contributed by atoms with Gasteiger partial charge in [-0.15, -0.1) is 0 Å². The number of hydrogen-bond acceptors (Lipinski definition) is 9. The van der Waals surface area contributed by atoms with Gasteiger partial charge in [-0.25, -0.2) is 14.4 Å². The number of carboxylic acids is 2. The number of carboxylic acid groups (broad SMARTS) is 2. The monoisotopic (exact) mass is 496 g/mol. The van der Waals surface area contributed by atoms with Crippen molar-refractivity contribution in [2.45, 2.75) is 57.1 Å². The maximum absolute atomic E-state index is 12.1. The van der Waals surface area contributed by atoms with Gasteiger partial charge in [-0.3, -0.25) is 4.79 Å². The first-order chi connectivity index (χ1) is 16.6. The molecule has 1 aromatic rings. The van der Waals surface area contributed by atoms with Gasteiger partial charge < -0.3 is 35.2 Å². The van der Waals surface area contributed by atoms with Crippen LogP contribution in [0.3, 0.4) is 0 Å². The summed E-state index contributed by atoms with van der Waals surface area (Å²) < 4.78 is 10.2. The quantitative estimate of drug-likeness (QED) is 0.142. The molecule has 0 aliphatic heterocycles. The largest absolute Gasteiger partial charge is 0.479 e. The molecule has 0 spiro atoms. The van der Waals surface area contributed by atoms with Crippen molar-refractivity contribution in [2.75, 3.05) is 6.61 Å². The number of nitrogens with zero attached hydrogens (tertiary/aromatic N) is 3. The molecule has 14 heteroatoms. The van der Waals surface area contributed by atoms with Gasteiger partial charge in [0.2, 0.25) is 0 Å². The molecule has 192 valence electrons. The van der Waals surface area contributed by atoms with Crippen LogP contribution >= 0.6 is 0 Å². The number of benzene rings is 1. The van der Waals surface area contributed by atoms with Crippen molar-refractivity contribution in [3.05, 3.63) is 46.3 Å². The second kappa shape index (κ2) is 15.1. The van der Waals surface area contributed by atoms with Crippen molar-refractivity contribution < 1.29 is 49.1 Å². The molecule has 1 aliphatic carbocycles. The molecule has 1 amide bonds. The van der Waals surface area contributed by atoms with E-state index in [2.05, 4.69) is 15.3 Å². The van der Waals surface area contributed by atoms with Crippen LogP contribution in [0.25, 0.3) is 10.4 Å². The van der Waals surface area contributed by atoms with Gasteiger partial charge in [0, 0.05) is 11.0 Å². The van der Waals surface area contributed by atoms with Gasteiger partial charge in [0.15, 0.2) is 12.2 Å². The van der Waals surface area contributed by atoms with Crippen molar-refractivity contribution in [3.63, 3.8) is 0 Å². The summed E-state index contributed by atoms with van der Waals surface area (Å²) in [7, 11) is 0. The van der Waals surface area contributed by atoms with Crippen molar-refractivity contribution >= 4 is 24.0 Å². The molecule has 0 heterocycles. The van der Waals surface area contributed by atoms with E-state index in [1.54, 1.807) is 6.92 Å². The van der Waals surface area contributed by atoms with Crippen LogP contribution in [0.1, 0.15) is 31.7 Å². The summed E-state index contributed by atoms with van der Waals surface area (Å²) in [4.78, 5) is 46.4. The molecular weight excluding hydrogens is 468 g/mol. The summed E-state index contributed by atoms with van der Waals surface area (Å²) in [6, 6.07) is 8.45. The van der Waals surface area contributed by atoms with Crippen LogP contribution < -0.4 is 5.32 Å². The topological polar surface area (TPSA) is 228 Å². The van der Waals surface area contributed by atoms with E-state index in [9.17, 15) is 19.2 Å². The minimum atomic E-state index is -2.27. The number of hydrogen-bond donors (Lipinski definition) is 5. The molecule has 5 unspecified atom stereocenters. The highest BCUT2D eigenvalue weighted by Gasteiger charge is 2.35. The number of amides is 1. The molecule has 1 fully saturated rings. The number of alkyl carbamates (subject to hydrolysis) is 1. The van der Waals surface area contributed by atoms with E-state index in [0.29, 0.717) is 25.9 Å². The Bertz CT molecular complexity index is 889. The molecule has 5 atom stereocenters. The Kier molecular flexibility index (Phi) is 12.6. The van der Waals surface area contributed by atoms with Crippen LogP contribution in [-0.4, -0.2) is 75.3 Å². The Morgan fingerprint density at radius 3 is 2.20 bits per heavy atom. The van der Waals surface area contributed by atoms with Crippen LogP contribution in [0.5, 0.6) is 0 Å². The van der Waals surface area contributed by atoms with Crippen molar-refractivity contribution in [3.8, 4) is 0 Å². The average Bonchev–Trinajstić information content (AvgIpc) is 2.84. The zero-order valence-corrected chi connectivity index (χ0v) is 18.9. The second-order valence-electron chi connectivity index (χ2n) is 7.41. The lowest BCUT2D eigenvalue weighted by Gasteiger charge is -2.32. The van der Waals surface area contributed by atoms with Gasteiger partial charge in [0.1, 0.15) is 6.61 Å². The lowest BCUT2D eigenvalue weighted by atomic mass is 9.82. The minimum absolute atomic E-state index is 0.146. The summed E-state index contributed by atoms with van der Waals surface area (Å²) in [5, 5.41) is 39.0. The number of aliphatic carboxylic acids is 2. The number of ether oxygens (including phenoxy) is 2. The number of nitrogens with one attached hydrogen (secondary N) is 1. The average molecular weight is 496 g/mol. The van der Waals surface area contributed by atoms with E-state index in [4.69, 9.17) is 35.4 Å². The van der Waals surface area contributed by atoms with Crippen LogP contribution in [-0.2, 0) is 30.5 Å². The van der Waals surface area contributed by atoms with Crippen LogP contribution in [0.4, 0.5) is 4.79 Å². The Hall–Kier alpha value is -3.87. The lowest BCUT2D eigenvalue weighted by molar-refractivity contribution is -0.165. The summed E-state index contributed by atoms with van der Waals surface area (Å²) >= 11 is 0. The van der Waals surface area contributed by atoms with Gasteiger partial charge in [0.25, 0.3) is 0 Å². The normalized spacial score (nSPS) is 20.5. The summed E-state index contributed by atoms with van der Waals surface area (Å²) in [5.74, 6) is -4.14. The molecule has 14 nitrogen and oxygen atoms in total. The van der Waals surface area contributed by atoms with Gasteiger partial charge in [-0.1, -0.05) is 35.4 Å². The fourth-order valence-electron chi connectivity index (χ4n) is 3.17. The third-order valence-electron chi connectivity index (χ3n) is 4.95. The number of aliphatic hydroxyl groups is 2. The SMILES string of the molecule is CCOC(=O)C1CCC(N=[N+]=[N-])C(NC(=O)OCc2ccccc2)C1.O=C(O)C(O)C(O)C(=O)O. The Morgan fingerprint density at radius 1 is 1.09 bits per heavy atom. The molecule has 0 bridgehead atoms. The number of carbonyl (C=O) groups is 4. The first-order valence-electron chi connectivity index (χ1n) is 10.6. The predicted molar refractivity (Wildman–Crippen MR) is 118 cm³/mol. The first-order valence-corrected chi connectivity index (χ1v) is 10.6. The summed E-state index contributed by atoms with van der Waals surface area (Å²) in [5.41, 5.74) is 9.58. The van der Waals surface area contributed by atoms with Gasteiger partial charge in [-0.2, -0.15) is 0 Å². The number of carbonyl (C=O) groups excluding carboxylic acids is 2. The zero-order chi connectivity index (χ0) is 26.4. The first kappa shape index (κ1) is 29.2. The zero-order valence-electron chi connectivity index (χ0n) is 18.9. The van der Waals surface area contributed by atoms with Crippen LogP contribution in [0.15, 0.2) is 35.4 Å². The minimum Gasteiger partial charge on any atom is -0.479 e. The third-order valence-corrected chi connectivity index (χ3v) is 4.95. The Morgan fingerprint density at radius 2 is 1.69 bits per heavy atom. The molecular formula is C21H28N4O10. The van der Waals surface area contributed by atoms with Crippen LogP contribution in [0.2, 0.25) is 0 Å². The molecule has 0 aromatic heterocycles. The number of rotatable bonds is 9. The highest BCUT2D eigenvalue weighted by molar-refractivity contribution is 5.83. The van der Waals surface area contributed by atoms with E-state index in [1.807, 2.05) is 30.3 Å². The van der Waals surface area contributed by atoms with Gasteiger partial charge in [-0.05, 0) is 37.3 Å². The lowest BCUT2D eigenvalue weighted by Crippen LogP contribution is -2.47. The molecule has 1 saturated carbocycles. The maximum atomic E-state index is 12.1. The Balaban J connectivity index is 0.000000518. The van der Waals surface area contributed by atoms with Crippen molar-refractivity contribution in [1.29, 1.82) is 0 Å². The van der Waals surface area contributed by atoms with E-state index >= 15 is 0 Å². The molecule has 1 aromatic carbocycles. The van der Waals surface area contributed by atoms with E-state index < -0.39 is 42.3 Å². The molecule has 1 aliphatic rings. The summed E-state index contributed by atoms with van der Waals surface area (Å²) in [6.45, 7) is 2.21. The number of esters is 1. The van der Waals surface area contributed by atoms with Gasteiger partial charge >= 0.3 is 24.0 Å². The second-order valence-corrected chi connectivity index (χ2v) is 7.41. The van der Waals surface area contributed by atoms with Crippen LogP contribution in [0, 0.1) is 5.92 Å². The predicted octanol–water partition coefficient (Wildman–Crippen LogP) is 1.20. The number of aliphatic hydroxyl groups excluding tert-OH is 2. The van der Waals surface area contributed by atoms with E-state index in [1.165, 1.54) is 0 Å². The smallest absolute Gasteiger partial charge is 0.407 e. The maximum Gasteiger partial charge on any atom is 0.407 e. The van der Waals surface area contributed by atoms with Crippen molar-refractivity contribution in [2.24, 2.45) is 11.0 Å². The molecule has 2 rings (SSSR count). The third kappa shape index (κ3) is 10.3. The fourth-order valence-corrected chi connectivity index (χ4v) is 3.17. The van der Waals surface area contributed by atoms with Gasteiger partial charge in [0.05, 0.1) is 18.6 Å². The number of azide groups is 1. The fraction of sp³-hybridized carbons (Fsp3) is 0.524. The van der Waals surface area contributed by atoms with Crippen molar-refractivity contribution in [1.82, 2.24) is 5.32 Å². The standard InChI is InChI=1S/C17H22N4O4.C4H6O6/c1-2-24-16(22)13-8-9-14(20-21-18)15(10-13)19-17(23)25-11-12-6-4-3-5-7-12;5-1(3(7)8)2(6)4(9)10/h3-7,13-15H,2,8-11H2,1H3,(H,19,23);1-2,5-6H,(H,7,8)(H,9,10). The molecule has 35 heavy (non-hydrogen) atoms. The highest BCUT2D eigenvalue weighted by Crippen LogP contribution is 2.28. The van der Waals surface area contributed by atoms with E-state index in [-0.39, 0.29) is 18.5 Å². The summed E-state index contributed by atoms with van der Waals surface area (Å²) in [6.07, 6.45) is -3.69. The molecule has 0 radical (unpaired) electrons. The Labute approximate surface area is 200 Å². The molecule has 0 saturated heterocycles.